The standard InChI is InChI=1S/C8H16F3N3O/c1-5(2)14(4-7(13)15)6(3-12)8(9,10)11/h5-6H,3-4,12H2,1-2H3,(H2,13,15). The fraction of sp³-hybridized carbons (Fsp3) is 0.875. The Labute approximate surface area is 86.4 Å². The van der Waals surface area contributed by atoms with Crippen LogP contribution >= 0.6 is 0 Å². The van der Waals surface area contributed by atoms with Gasteiger partial charge in [-0.1, -0.05) is 0 Å². The maximum absolute atomic E-state index is 12.5. The van der Waals surface area contributed by atoms with Crippen LogP contribution in [-0.2, 0) is 4.79 Å². The van der Waals surface area contributed by atoms with Crippen LogP contribution in [0.15, 0.2) is 0 Å². The normalized spacial score (nSPS) is 14.7. The Morgan fingerprint density at radius 1 is 1.40 bits per heavy atom. The van der Waals surface area contributed by atoms with E-state index in [4.69, 9.17) is 11.5 Å². The van der Waals surface area contributed by atoms with Gasteiger partial charge in [0.05, 0.1) is 6.54 Å². The number of alkyl halides is 3. The van der Waals surface area contributed by atoms with Gasteiger partial charge in [0.15, 0.2) is 0 Å². The van der Waals surface area contributed by atoms with Gasteiger partial charge in [-0.05, 0) is 13.8 Å². The Kier molecular flexibility index (Phi) is 5.02. The number of nitrogens with two attached hydrogens (primary N) is 2. The van der Waals surface area contributed by atoms with Crippen LogP contribution < -0.4 is 11.5 Å². The molecule has 0 heterocycles. The number of halogens is 3. The van der Waals surface area contributed by atoms with E-state index in [9.17, 15) is 18.0 Å². The Morgan fingerprint density at radius 3 is 2.07 bits per heavy atom. The molecule has 15 heavy (non-hydrogen) atoms. The van der Waals surface area contributed by atoms with E-state index in [0.29, 0.717) is 0 Å². The molecule has 0 aromatic heterocycles. The molecule has 7 heteroatoms. The highest BCUT2D eigenvalue weighted by Crippen LogP contribution is 2.25. The van der Waals surface area contributed by atoms with Gasteiger partial charge in [-0.15, -0.1) is 0 Å². The summed E-state index contributed by atoms with van der Waals surface area (Å²) in [5, 5.41) is 0. The first-order chi connectivity index (χ1) is 6.70. The average molecular weight is 227 g/mol. The summed E-state index contributed by atoms with van der Waals surface area (Å²) in [6.07, 6.45) is -4.45. The number of primary amides is 1. The number of amides is 1. The number of hydrogen-bond donors (Lipinski definition) is 2. The van der Waals surface area contributed by atoms with Crippen molar-refractivity contribution in [2.24, 2.45) is 11.5 Å². The van der Waals surface area contributed by atoms with Gasteiger partial charge in [-0.25, -0.2) is 0 Å². The zero-order chi connectivity index (χ0) is 12.2. The molecule has 0 aromatic rings. The molecule has 0 bridgehead atoms. The molecule has 0 rings (SSSR count). The van der Waals surface area contributed by atoms with E-state index in [1.54, 1.807) is 13.8 Å². The summed E-state index contributed by atoms with van der Waals surface area (Å²) in [5.41, 5.74) is 9.94. The van der Waals surface area contributed by atoms with Crippen LogP contribution in [0.2, 0.25) is 0 Å². The molecule has 4 N–H and O–H groups in total. The van der Waals surface area contributed by atoms with Crippen LogP contribution in [0.3, 0.4) is 0 Å². The summed E-state index contributed by atoms with van der Waals surface area (Å²) in [6, 6.07) is -2.28. The summed E-state index contributed by atoms with van der Waals surface area (Å²) in [4.78, 5) is 11.6. The van der Waals surface area contributed by atoms with Crippen LogP contribution in [-0.4, -0.2) is 42.2 Å². The first kappa shape index (κ1) is 14.2. The highest BCUT2D eigenvalue weighted by Gasteiger charge is 2.43. The maximum Gasteiger partial charge on any atom is 0.405 e. The minimum atomic E-state index is -4.45. The van der Waals surface area contributed by atoms with E-state index in [0.717, 1.165) is 4.90 Å². The van der Waals surface area contributed by atoms with Gasteiger partial charge >= 0.3 is 6.18 Å². The lowest BCUT2D eigenvalue weighted by Gasteiger charge is -2.34. The minimum absolute atomic E-state index is 0.445. The molecule has 0 aliphatic rings. The third-order valence-corrected chi connectivity index (χ3v) is 2.00. The highest BCUT2D eigenvalue weighted by molar-refractivity contribution is 5.76. The third-order valence-electron chi connectivity index (χ3n) is 2.00. The van der Waals surface area contributed by atoms with E-state index in [-0.39, 0.29) is 0 Å². The Hall–Kier alpha value is -0.820. The number of hydrogen-bond acceptors (Lipinski definition) is 3. The maximum atomic E-state index is 12.5. The van der Waals surface area contributed by atoms with Crippen LogP contribution in [0, 0.1) is 0 Å². The van der Waals surface area contributed by atoms with Gasteiger partial charge < -0.3 is 11.5 Å². The van der Waals surface area contributed by atoms with E-state index < -0.39 is 37.3 Å². The van der Waals surface area contributed by atoms with Crippen molar-refractivity contribution in [3.8, 4) is 0 Å². The second kappa shape index (κ2) is 5.32. The number of carbonyl (C=O) groups excluding carboxylic acids is 1. The quantitative estimate of drug-likeness (QED) is 0.698. The lowest BCUT2D eigenvalue weighted by atomic mass is 10.2. The number of nitrogens with zero attached hydrogens (tertiary/aromatic N) is 1. The average Bonchev–Trinajstić information content (AvgIpc) is 2.00. The van der Waals surface area contributed by atoms with Crippen molar-refractivity contribution < 1.29 is 18.0 Å². The number of rotatable bonds is 5. The van der Waals surface area contributed by atoms with Crippen molar-refractivity contribution in [2.75, 3.05) is 13.1 Å². The molecule has 90 valence electrons. The van der Waals surface area contributed by atoms with Gasteiger partial charge in [-0.2, -0.15) is 13.2 Å². The first-order valence-electron chi connectivity index (χ1n) is 4.51. The van der Waals surface area contributed by atoms with Gasteiger partial charge in [0, 0.05) is 12.6 Å². The second-order valence-corrected chi connectivity index (χ2v) is 3.53. The van der Waals surface area contributed by atoms with Gasteiger partial charge in [0.2, 0.25) is 5.91 Å². The molecule has 0 saturated carbocycles. The summed E-state index contributed by atoms with van der Waals surface area (Å²) in [6.45, 7) is 2.07. The van der Waals surface area contributed by atoms with E-state index in [1.165, 1.54) is 0 Å². The Bertz CT molecular complexity index is 218. The fourth-order valence-corrected chi connectivity index (χ4v) is 1.29. The van der Waals surface area contributed by atoms with E-state index in [1.807, 2.05) is 0 Å². The molecule has 0 saturated heterocycles. The molecule has 0 aliphatic heterocycles. The zero-order valence-electron chi connectivity index (χ0n) is 8.71. The zero-order valence-corrected chi connectivity index (χ0v) is 8.71. The predicted octanol–water partition coefficient (Wildman–Crippen LogP) is 0.0717. The van der Waals surface area contributed by atoms with Gasteiger partial charge in [0.25, 0.3) is 0 Å². The SMILES string of the molecule is CC(C)N(CC(N)=O)C(CN)C(F)(F)F. The summed E-state index contributed by atoms with van der Waals surface area (Å²) < 4.78 is 37.5. The minimum Gasteiger partial charge on any atom is -0.369 e. The van der Waals surface area contributed by atoms with Crippen LogP contribution in [0.25, 0.3) is 0 Å². The lowest BCUT2D eigenvalue weighted by molar-refractivity contribution is -0.185. The summed E-state index contributed by atoms with van der Waals surface area (Å²) in [5.74, 6) is -0.800. The monoisotopic (exact) mass is 227 g/mol. The van der Waals surface area contributed by atoms with Crippen molar-refractivity contribution in [3.05, 3.63) is 0 Å². The molecule has 1 amide bonds. The van der Waals surface area contributed by atoms with Crippen molar-refractivity contribution >= 4 is 5.91 Å². The summed E-state index contributed by atoms with van der Waals surface area (Å²) >= 11 is 0. The van der Waals surface area contributed by atoms with Crippen molar-refractivity contribution in [3.63, 3.8) is 0 Å². The molecular weight excluding hydrogens is 211 g/mol. The van der Waals surface area contributed by atoms with E-state index >= 15 is 0 Å². The molecular formula is C8H16F3N3O. The predicted molar refractivity (Wildman–Crippen MR) is 49.9 cm³/mol. The largest absolute Gasteiger partial charge is 0.405 e. The van der Waals surface area contributed by atoms with Crippen molar-refractivity contribution in [2.45, 2.75) is 32.1 Å². The second-order valence-electron chi connectivity index (χ2n) is 3.53. The Balaban J connectivity index is 4.78. The summed E-state index contributed by atoms with van der Waals surface area (Å²) in [7, 11) is 0. The molecule has 0 aromatic carbocycles. The third kappa shape index (κ3) is 4.48. The van der Waals surface area contributed by atoms with Crippen LogP contribution in [0.4, 0.5) is 13.2 Å². The topological polar surface area (TPSA) is 72.3 Å². The first-order valence-corrected chi connectivity index (χ1v) is 4.51. The molecule has 1 atom stereocenters. The van der Waals surface area contributed by atoms with Crippen LogP contribution in [0.1, 0.15) is 13.8 Å². The highest BCUT2D eigenvalue weighted by atomic mass is 19.4. The molecule has 0 aliphatic carbocycles. The Morgan fingerprint density at radius 2 is 1.87 bits per heavy atom. The molecule has 0 fully saturated rings. The van der Waals surface area contributed by atoms with Gasteiger partial charge in [-0.3, -0.25) is 9.69 Å². The van der Waals surface area contributed by atoms with Crippen LogP contribution in [0.5, 0.6) is 0 Å². The molecule has 0 spiro atoms. The smallest absolute Gasteiger partial charge is 0.369 e. The van der Waals surface area contributed by atoms with E-state index in [2.05, 4.69) is 0 Å². The van der Waals surface area contributed by atoms with Crippen molar-refractivity contribution in [1.29, 1.82) is 0 Å². The van der Waals surface area contributed by atoms with Gasteiger partial charge in [0.1, 0.15) is 6.04 Å². The van der Waals surface area contributed by atoms with Crippen molar-refractivity contribution in [1.82, 2.24) is 4.90 Å². The fourth-order valence-electron chi connectivity index (χ4n) is 1.29. The number of carbonyl (C=O) groups is 1. The molecule has 0 radical (unpaired) electrons. The molecule has 4 nitrogen and oxygen atoms in total. The lowest BCUT2D eigenvalue weighted by Crippen LogP contribution is -2.55. The molecule has 1 unspecified atom stereocenters.